The van der Waals surface area contributed by atoms with Crippen LogP contribution in [0.3, 0.4) is 0 Å². The Balaban J connectivity index is 2.38. The predicted molar refractivity (Wildman–Crippen MR) is 63.3 cm³/mol. The number of hydrogen-bond donors (Lipinski definition) is 2. The molecule has 0 aliphatic heterocycles. The molecule has 0 aromatic heterocycles. The molecule has 0 aliphatic rings. The van der Waals surface area contributed by atoms with Crippen molar-refractivity contribution in [3.05, 3.63) is 29.8 Å². The second-order valence-corrected chi connectivity index (χ2v) is 3.70. The zero-order valence-corrected chi connectivity index (χ0v) is 9.69. The van der Waals surface area contributed by atoms with Crippen LogP contribution in [0.1, 0.15) is 12.0 Å². The summed E-state index contributed by atoms with van der Waals surface area (Å²) in [5.74, 6) is 0.467. The summed E-state index contributed by atoms with van der Waals surface area (Å²) in [6.07, 6.45) is 0.569. The summed E-state index contributed by atoms with van der Waals surface area (Å²) in [5.41, 5.74) is 6.34. The molecule has 0 spiro atoms. The first-order chi connectivity index (χ1) is 7.63. The van der Waals surface area contributed by atoms with E-state index in [0.29, 0.717) is 13.0 Å². The summed E-state index contributed by atoms with van der Waals surface area (Å²) in [6, 6.07) is 7.47. The van der Waals surface area contributed by atoms with Crippen molar-refractivity contribution < 1.29 is 9.53 Å². The van der Waals surface area contributed by atoms with Crippen molar-refractivity contribution in [2.24, 2.45) is 5.73 Å². The monoisotopic (exact) mass is 222 g/mol. The Bertz CT molecular complexity index is 353. The van der Waals surface area contributed by atoms with Gasteiger partial charge in [-0.05, 0) is 31.7 Å². The van der Waals surface area contributed by atoms with Gasteiger partial charge in [0.15, 0.2) is 0 Å². The maximum atomic E-state index is 10.9. The topological polar surface area (TPSA) is 64.3 Å². The molecule has 0 heterocycles. The summed E-state index contributed by atoms with van der Waals surface area (Å²) in [7, 11) is 1.71. The van der Waals surface area contributed by atoms with Crippen molar-refractivity contribution in [2.45, 2.75) is 19.4 Å². The van der Waals surface area contributed by atoms with Crippen LogP contribution in [-0.4, -0.2) is 25.6 Å². The Morgan fingerprint density at radius 3 is 2.88 bits per heavy atom. The van der Waals surface area contributed by atoms with E-state index in [1.807, 2.05) is 31.2 Å². The number of ether oxygens (including phenoxy) is 1. The number of rotatable bonds is 6. The molecule has 1 unspecified atom stereocenters. The number of likely N-dealkylation sites (N-methyl/N-ethyl adjacent to an activating group) is 1. The first kappa shape index (κ1) is 12.5. The number of nitrogens with two attached hydrogens (primary N) is 1. The first-order valence-corrected chi connectivity index (χ1v) is 5.29. The van der Waals surface area contributed by atoms with Gasteiger partial charge in [-0.1, -0.05) is 12.1 Å². The molecule has 1 atom stereocenters. The van der Waals surface area contributed by atoms with Gasteiger partial charge >= 0.3 is 0 Å². The van der Waals surface area contributed by atoms with Crippen LogP contribution in [0.25, 0.3) is 0 Å². The van der Waals surface area contributed by atoms with E-state index in [9.17, 15) is 4.79 Å². The van der Waals surface area contributed by atoms with Crippen LogP contribution in [0, 0.1) is 6.92 Å². The second-order valence-electron chi connectivity index (χ2n) is 3.70. The van der Waals surface area contributed by atoms with Crippen molar-refractivity contribution in [3.63, 3.8) is 0 Å². The number of amides is 1. The number of nitrogens with one attached hydrogen (secondary N) is 1. The van der Waals surface area contributed by atoms with Gasteiger partial charge in [-0.15, -0.1) is 0 Å². The van der Waals surface area contributed by atoms with Gasteiger partial charge in [-0.2, -0.15) is 0 Å². The number of benzene rings is 1. The van der Waals surface area contributed by atoms with Crippen LogP contribution in [0.5, 0.6) is 5.75 Å². The highest BCUT2D eigenvalue weighted by Crippen LogP contribution is 2.12. The molecular formula is C12H18N2O2. The molecular weight excluding hydrogens is 204 g/mol. The number of carbonyl (C=O) groups is 1. The molecule has 1 aromatic carbocycles. The van der Waals surface area contributed by atoms with Gasteiger partial charge in [0, 0.05) is 6.42 Å². The van der Waals surface area contributed by atoms with Crippen molar-refractivity contribution in [1.29, 1.82) is 0 Å². The van der Waals surface area contributed by atoms with Gasteiger partial charge in [0.1, 0.15) is 5.75 Å². The number of carbonyl (C=O) groups excluding carboxylic acids is 1. The fourth-order valence-electron chi connectivity index (χ4n) is 1.43. The molecule has 1 amide bonds. The van der Waals surface area contributed by atoms with Gasteiger partial charge in [0.2, 0.25) is 5.91 Å². The SMILES string of the molecule is CNC(CCOc1cccc(C)c1)C(N)=O. The summed E-state index contributed by atoms with van der Waals surface area (Å²) in [6.45, 7) is 2.48. The molecule has 88 valence electrons. The Labute approximate surface area is 95.8 Å². The fraction of sp³-hybridized carbons (Fsp3) is 0.417. The van der Waals surface area contributed by atoms with E-state index in [1.54, 1.807) is 7.05 Å². The Kier molecular flexibility index (Phi) is 4.79. The largest absolute Gasteiger partial charge is 0.494 e. The Morgan fingerprint density at radius 2 is 2.31 bits per heavy atom. The zero-order valence-electron chi connectivity index (χ0n) is 9.69. The van der Waals surface area contributed by atoms with E-state index >= 15 is 0 Å². The third-order valence-corrected chi connectivity index (χ3v) is 2.36. The highest BCUT2D eigenvalue weighted by molar-refractivity contribution is 5.79. The van der Waals surface area contributed by atoms with Gasteiger partial charge in [-0.25, -0.2) is 0 Å². The summed E-state index contributed by atoms with van der Waals surface area (Å²) in [4.78, 5) is 10.9. The van der Waals surface area contributed by atoms with E-state index in [-0.39, 0.29) is 11.9 Å². The quantitative estimate of drug-likeness (QED) is 0.749. The summed E-state index contributed by atoms with van der Waals surface area (Å²) < 4.78 is 5.52. The predicted octanol–water partition coefficient (Wildman–Crippen LogP) is 0.837. The number of aryl methyl sites for hydroxylation is 1. The first-order valence-electron chi connectivity index (χ1n) is 5.29. The van der Waals surface area contributed by atoms with E-state index in [2.05, 4.69) is 5.32 Å². The van der Waals surface area contributed by atoms with Crippen molar-refractivity contribution in [2.75, 3.05) is 13.7 Å². The van der Waals surface area contributed by atoms with Crippen molar-refractivity contribution in [1.82, 2.24) is 5.32 Å². The Morgan fingerprint density at radius 1 is 1.56 bits per heavy atom. The van der Waals surface area contributed by atoms with Crippen molar-refractivity contribution in [3.8, 4) is 5.75 Å². The number of primary amides is 1. The molecule has 4 nitrogen and oxygen atoms in total. The normalized spacial score (nSPS) is 12.1. The standard InChI is InChI=1S/C12H18N2O2/c1-9-4-3-5-10(8-9)16-7-6-11(14-2)12(13)15/h3-5,8,11,14H,6-7H2,1-2H3,(H2,13,15). The van der Waals surface area contributed by atoms with Crippen LogP contribution < -0.4 is 15.8 Å². The summed E-state index contributed by atoms with van der Waals surface area (Å²) in [5, 5.41) is 2.84. The molecule has 1 rings (SSSR count). The number of hydrogen-bond acceptors (Lipinski definition) is 3. The molecule has 0 saturated heterocycles. The lowest BCUT2D eigenvalue weighted by molar-refractivity contribution is -0.120. The van der Waals surface area contributed by atoms with E-state index in [0.717, 1.165) is 11.3 Å². The molecule has 0 fully saturated rings. The van der Waals surface area contributed by atoms with Crippen LogP contribution in [0.15, 0.2) is 24.3 Å². The average Bonchev–Trinajstić information content (AvgIpc) is 2.24. The van der Waals surface area contributed by atoms with Crippen LogP contribution in [0.2, 0.25) is 0 Å². The summed E-state index contributed by atoms with van der Waals surface area (Å²) >= 11 is 0. The molecule has 0 saturated carbocycles. The highest BCUT2D eigenvalue weighted by atomic mass is 16.5. The molecule has 16 heavy (non-hydrogen) atoms. The fourth-order valence-corrected chi connectivity index (χ4v) is 1.43. The maximum Gasteiger partial charge on any atom is 0.234 e. The third-order valence-electron chi connectivity index (χ3n) is 2.36. The molecule has 1 aromatic rings. The molecule has 0 aliphatic carbocycles. The second kappa shape index (κ2) is 6.12. The van der Waals surface area contributed by atoms with Crippen molar-refractivity contribution >= 4 is 5.91 Å². The van der Waals surface area contributed by atoms with Crippen LogP contribution >= 0.6 is 0 Å². The molecule has 4 heteroatoms. The molecule has 3 N–H and O–H groups in total. The van der Waals surface area contributed by atoms with Gasteiger partial charge in [-0.3, -0.25) is 4.79 Å². The molecule has 0 radical (unpaired) electrons. The zero-order chi connectivity index (χ0) is 12.0. The van der Waals surface area contributed by atoms with E-state index in [1.165, 1.54) is 0 Å². The maximum absolute atomic E-state index is 10.9. The van der Waals surface area contributed by atoms with Gasteiger partial charge in [0.25, 0.3) is 0 Å². The molecule has 0 bridgehead atoms. The van der Waals surface area contributed by atoms with Gasteiger partial charge < -0.3 is 15.8 Å². The lowest BCUT2D eigenvalue weighted by Crippen LogP contribution is -2.40. The highest BCUT2D eigenvalue weighted by Gasteiger charge is 2.11. The minimum Gasteiger partial charge on any atom is -0.494 e. The van der Waals surface area contributed by atoms with E-state index in [4.69, 9.17) is 10.5 Å². The smallest absolute Gasteiger partial charge is 0.234 e. The Hall–Kier alpha value is -1.55. The lowest BCUT2D eigenvalue weighted by atomic mass is 10.2. The van der Waals surface area contributed by atoms with Crippen LogP contribution in [0.4, 0.5) is 0 Å². The van der Waals surface area contributed by atoms with Gasteiger partial charge in [0.05, 0.1) is 12.6 Å². The third kappa shape index (κ3) is 3.90. The average molecular weight is 222 g/mol. The van der Waals surface area contributed by atoms with E-state index < -0.39 is 0 Å². The van der Waals surface area contributed by atoms with Crippen LogP contribution in [-0.2, 0) is 4.79 Å². The minimum atomic E-state index is -0.352. The lowest BCUT2D eigenvalue weighted by Gasteiger charge is -2.12. The minimum absolute atomic E-state index is 0.329.